The zero-order valence-corrected chi connectivity index (χ0v) is 12.8. The highest BCUT2D eigenvalue weighted by Gasteiger charge is 2.22. The van der Waals surface area contributed by atoms with Crippen LogP contribution < -0.4 is 10.6 Å². The Morgan fingerprint density at radius 2 is 2.35 bits per heavy atom. The third-order valence-electron chi connectivity index (χ3n) is 4.10. The summed E-state index contributed by atoms with van der Waals surface area (Å²) in [5.41, 5.74) is 5.71. The van der Waals surface area contributed by atoms with Crippen molar-refractivity contribution < 1.29 is 0 Å². The Hall–Kier alpha value is -1.20. The van der Waals surface area contributed by atoms with Gasteiger partial charge in [-0.05, 0) is 44.2 Å². The van der Waals surface area contributed by atoms with Gasteiger partial charge in [-0.2, -0.15) is 0 Å². The molecule has 108 valence electrons. The van der Waals surface area contributed by atoms with Crippen molar-refractivity contribution in [2.75, 3.05) is 24.5 Å². The minimum atomic E-state index is 0.711. The van der Waals surface area contributed by atoms with Crippen LogP contribution in [-0.4, -0.2) is 29.6 Å². The second-order valence-corrected chi connectivity index (χ2v) is 6.63. The number of nitrogens with two attached hydrogens (primary N) is 1. The number of anilines is 1. The molecule has 5 heteroatoms. The Labute approximate surface area is 124 Å². The van der Waals surface area contributed by atoms with Gasteiger partial charge in [0.2, 0.25) is 0 Å². The van der Waals surface area contributed by atoms with Gasteiger partial charge in [-0.3, -0.25) is 0 Å². The number of hydrogen-bond acceptors (Lipinski definition) is 5. The van der Waals surface area contributed by atoms with E-state index >= 15 is 0 Å². The number of rotatable bonds is 4. The molecular weight excluding hydrogens is 268 g/mol. The van der Waals surface area contributed by atoms with Gasteiger partial charge in [-0.25, -0.2) is 9.97 Å². The lowest BCUT2D eigenvalue weighted by Gasteiger charge is -2.33. The summed E-state index contributed by atoms with van der Waals surface area (Å²) in [4.78, 5) is 13.9. The summed E-state index contributed by atoms with van der Waals surface area (Å²) in [5.74, 6) is 1.83. The van der Waals surface area contributed by atoms with Gasteiger partial charge < -0.3 is 10.6 Å². The summed E-state index contributed by atoms with van der Waals surface area (Å²) in [6.45, 7) is 5.16. The molecule has 4 nitrogen and oxygen atoms in total. The molecular formula is C15H22N4S. The minimum absolute atomic E-state index is 0.711. The fourth-order valence-electron chi connectivity index (χ4n) is 3.05. The predicted octanol–water partition coefficient (Wildman–Crippen LogP) is 2.82. The molecule has 1 aliphatic rings. The van der Waals surface area contributed by atoms with E-state index in [1.54, 1.807) is 17.7 Å². The Morgan fingerprint density at radius 3 is 3.15 bits per heavy atom. The van der Waals surface area contributed by atoms with Crippen molar-refractivity contribution in [3.05, 3.63) is 17.3 Å². The lowest BCUT2D eigenvalue weighted by atomic mass is 9.95. The van der Waals surface area contributed by atoms with Crippen molar-refractivity contribution in [3.8, 4) is 0 Å². The van der Waals surface area contributed by atoms with E-state index in [2.05, 4.69) is 27.9 Å². The number of aryl methyl sites for hydroxylation is 1. The molecule has 2 aromatic rings. The third kappa shape index (κ3) is 2.65. The minimum Gasteiger partial charge on any atom is -0.356 e. The molecule has 1 saturated heterocycles. The second-order valence-electron chi connectivity index (χ2n) is 5.51. The van der Waals surface area contributed by atoms with Gasteiger partial charge in [0.25, 0.3) is 0 Å². The van der Waals surface area contributed by atoms with E-state index in [1.165, 1.54) is 23.1 Å². The third-order valence-corrected chi connectivity index (χ3v) is 5.29. The van der Waals surface area contributed by atoms with E-state index in [0.717, 1.165) is 43.1 Å². The monoisotopic (exact) mass is 290 g/mol. The summed E-state index contributed by atoms with van der Waals surface area (Å²) in [5, 5.41) is 1.22. The molecule has 0 spiro atoms. The molecule has 2 aromatic heterocycles. The molecule has 0 saturated carbocycles. The molecule has 3 heterocycles. The first-order chi connectivity index (χ1) is 9.81. The Kier molecular flexibility index (Phi) is 4.17. The number of nitrogens with zero attached hydrogens (tertiary/aromatic N) is 3. The fraction of sp³-hybridized carbons (Fsp3) is 0.600. The molecule has 0 aromatic carbocycles. The molecule has 0 radical (unpaired) electrons. The van der Waals surface area contributed by atoms with Crippen molar-refractivity contribution >= 4 is 27.4 Å². The fourth-order valence-corrected chi connectivity index (χ4v) is 3.98. The number of aromatic nitrogens is 2. The average Bonchev–Trinajstić information content (AvgIpc) is 2.91. The zero-order chi connectivity index (χ0) is 13.9. The van der Waals surface area contributed by atoms with Crippen LogP contribution in [0.3, 0.4) is 0 Å². The van der Waals surface area contributed by atoms with Crippen LogP contribution in [0.4, 0.5) is 5.82 Å². The summed E-state index contributed by atoms with van der Waals surface area (Å²) in [6, 6.07) is 2.27. The highest BCUT2D eigenvalue weighted by molar-refractivity contribution is 7.18. The maximum Gasteiger partial charge on any atom is 0.140 e. The summed E-state index contributed by atoms with van der Waals surface area (Å²) >= 11 is 1.79. The van der Waals surface area contributed by atoms with Crippen LogP contribution >= 0.6 is 11.3 Å². The van der Waals surface area contributed by atoms with Gasteiger partial charge in [0.1, 0.15) is 17.0 Å². The predicted molar refractivity (Wildman–Crippen MR) is 85.4 cm³/mol. The summed E-state index contributed by atoms with van der Waals surface area (Å²) in [6.07, 6.45) is 6.43. The van der Waals surface area contributed by atoms with Crippen LogP contribution in [0.5, 0.6) is 0 Å². The van der Waals surface area contributed by atoms with Gasteiger partial charge >= 0.3 is 0 Å². The van der Waals surface area contributed by atoms with Gasteiger partial charge in [-0.1, -0.05) is 6.92 Å². The molecule has 2 N–H and O–H groups in total. The Balaban J connectivity index is 1.90. The zero-order valence-electron chi connectivity index (χ0n) is 12.0. The lowest BCUT2D eigenvalue weighted by molar-refractivity contribution is 0.395. The first-order valence-corrected chi connectivity index (χ1v) is 8.32. The number of hydrogen-bond donors (Lipinski definition) is 1. The highest BCUT2D eigenvalue weighted by atomic mass is 32.1. The van der Waals surface area contributed by atoms with E-state index < -0.39 is 0 Å². The molecule has 3 rings (SSSR count). The quantitative estimate of drug-likeness (QED) is 0.940. The van der Waals surface area contributed by atoms with Crippen molar-refractivity contribution in [2.45, 2.75) is 32.6 Å². The normalized spacial score (nSPS) is 19.7. The molecule has 1 atom stereocenters. The van der Waals surface area contributed by atoms with Crippen LogP contribution in [0.25, 0.3) is 10.2 Å². The molecule has 1 unspecified atom stereocenters. The molecule has 20 heavy (non-hydrogen) atoms. The molecule has 1 aliphatic heterocycles. The van der Waals surface area contributed by atoms with Crippen molar-refractivity contribution in [3.63, 3.8) is 0 Å². The number of piperidine rings is 1. The number of fused-ring (bicyclic) bond motifs is 1. The topological polar surface area (TPSA) is 55.0 Å². The first kappa shape index (κ1) is 13.8. The van der Waals surface area contributed by atoms with E-state index in [0.29, 0.717) is 5.92 Å². The van der Waals surface area contributed by atoms with Crippen molar-refractivity contribution in [2.24, 2.45) is 11.7 Å². The molecule has 0 bridgehead atoms. The largest absolute Gasteiger partial charge is 0.356 e. The van der Waals surface area contributed by atoms with E-state index in [9.17, 15) is 0 Å². The smallest absolute Gasteiger partial charge is 0.140 e. The Morgan fingerprint density at radius 1 is 1.45 bits per heavy atom. The van der Waals surface area contributed by atoms with Gasteiger partial charge in [0.15, 0.2) is 0 Å². The van der Waals surface area contributed by atoms with E-state index in [4.69, 9.17) is 5.73 Å². The molecule has 1 fully saturated rings. The van der Waals surface area contributed by atoms with Gasteiger partial charge in [0.05, 0.1) is 5.39 Å². The SMILES string of the molecule is CCc1cc2c(N3CCCC(CCN)C3)ncnc2s1. The van der Waals surface area contributed by atoms with E-state index in [-0.39, 0.29) is 0 Å². The lowest BCUT2D eigenvalue weighted by Crippen LogP contribution is -2.36. The molecule has 0 amide bonds. The van der Waals surface area contributed by atoms with Crippen LogP contribution in [-0.2, 0) is 6.42 Å². The standard InChI is InChI=1S/C15H22N4S/c1-2-12-8-13-14(17-10-18-15(13)20-12)19-7-3-4-11(9-19)5-6-16/h8,10-11H,2-7,9,16H2,1H3. The van der Waals surface area contributed by atoms with Crippen LogP contribution in [0, 0.1) is 5.92 Å². The van der Waals surface area contributed by atoms with Gasteiger partial charge in [-0.15, -0.1) is 11.3 Å². The van der Waals surface area contributed by atoms with Crippen molar-refractivity contribution in [1.29, 1.82) is 0 Å². The van der Waals surface area contributed by atoms with Crippen LogP contribution in [0.2, 0.25) is 0 Å². The Bertz CT molecular complexity index is 578. The highest BCUT2D eigenvalue weighted by Crippen LogP contribution is 2.32. The summed E-state index contributed by atoms with van der Waals surface area (Å²) in [7, 11) is 0. The first-order valence-electron chi connectivity index (χ1n) is 7.50. The maximum absolute atomic E-state index is 5.71. The number of thiophene rings is 1. The van der Waals surface area contributed by atoms with Crippen LogP contribution in [0.1, 0.15) is 31.1 Å². The van der Waals surface area contributed by atoms with Gasteiger partial charge in [0, 0.05) is 18.0 Å². The average molecular weight is 290 g/mol. The van der Waals surface area contributed by atoms with Crippen molar-refractivity contribution in [1.82, 2.24) is 9.97 Å². The molecule has 0 aliphatic carbocycles. The maximum atomic E-state index is 5.71. The second kappa shape index (κ2) is 6.06. The van der Waals surface area contributed by atoms with E-state index in [1.807, 2.05) is 0 Å². The van der Waals surface area contributed by atoms with Crippen LogP contribution in [0.15, 0.2) is 12.4 Å². The summed E-state index contributed by atoms with van der Waals surface area (Å²) < 4.78 is 0.